The average Bonchev–Trinajstić information content (AvgIpc) is 2.91. The SMILES string of the molecule is CCOc1ccc(C(=O)NCCc2cccc(Oc3ccnc(C(=O)N(CC)CC)c3)c2)cc1OCC. The van der Waals surface area contributed by atoms with Gasteiger partial charge in [-0.15, -0.1) is 0 Å². The highest BCUT2D eigenvalue weighted by Gasteiger charge is 2.15. The van der Waals surface area contributed by atoms with Crippen LogP contribution in [0.4, 0.5) is 0 Å². The van der Waals surface area contributed by atoms with Crippen LogP contribution in [0, 0.1) is 0 Å². The van der Waals surface area contributed by atoms with Crippen molar-refractivity contribution < 1.29 is 23.8 Å². The van der Waals surface area contributed by atoms with Crippen LogP contribution >= 0.6 is 0 Å². The van der Waals surface area contributed by atoms with Gasteiger partial charge in [0.25, 0.3) is 11.8 Å². The first kappa shape index (κ1) is 27.5. The number of carbonyl (C=O) groups excluding carboxylic acids is 2. The standard InChI is InChI=1S/C29H35N3O5/c1-5-32(6-2)29(34)25-20-24(15-17-30-25)37-23-11-9-10-21(18-23)14-16-31-28(33)22-12-13-26(35-7-3)27(19-22)36-8-4/h9-13,15,17-20H,5-8,14,16H2,1-4H3,(H,31,33). The van der Waals surface area contributed by atoms with E-state index >= 15 is 0 Å². The molecule has 0 spiro atoms. The van der Waals surface area contributed by atoms with E-state index in [1.807, 2.05) is 52.0 Å². The molecule has 0 aliphatic carbocycles. The first-order valence-electron chi connectivity index (χ1n) is 12.7. The van der Waals surface area contributed by atoms with Crippen molar-refractivity contribution in [2.45, 2.75) is 34.1 Å². The van der Waals surface area contributed by atoms with E-state index in [1.165, 1.54) is 0 Å². The largest absolute Gasteiger partial charge is 0.490 e. The topological polar surface area (TPSA) is 90.0 Å². The van der Waals surface area contributed by atoms with Crippen LogP contribution in [-0.4, -0.2) is 54.5 Å². The Kier molecular flexibility index (Phi) is 10.3. The molecule has 0 saturated carbocycles. The smallest absolute Gasteiger partial charge is 0.272 e. The number of nitrogens with zero attached hydrogens (tertiary/aromatic N) is 2. The first-order valence-corrected chi connectivity index (χ1v) is 12.7. The Morgan fingerprint density at radius 3 is 2.32 bits per heavy atom. The number of nitrogens with one attached hydrogen (secondary N) is 1. The fourth-order valence-corrected chi connectivity index (χ4v) is 3.78. The Balaban J connectivity index is 1.59. The molecule has 0 atom stereocenters. The summed E-state index contributed by atoms with van der Waals surface area (Å²) in [4.78, 5) is 31.2. The molecule has 3 aromatic rings. The van der Waals surface area contributed by atoms with E-state index < -0.39 is 0 Å². The Morgan fingerprint density at radius 1 is 0.865 bits per heavy atom. The van der Waals surface area contributed by atoms with Gasteiger partial charge in [-0.05, 0) is 76.1 Å². The monoisotopic (exact) mass is 505 g/mol. The predicted octanol–water partition coefficient (Wildman–Crippen LogP) is 5.13. The van der Waals surface area contributed by atoms with Gasteiger partial charge in [0.1, 0.15) is 17.2 Å². The van der Waals surface area contributed by atoms with Gasteiger partial charge in [-0.1, -0.05) is 12.1 Å². The molecule has 0 unspecified atom stereocenters. The lowest BCUT2D eigenvalue weighted by Gasteiger charge is -2.18. The first-order chi connectivity index (χ1) is 18.0. The fourth-order valence-electron chi connectivity index (χ4n) is 3.78. The third-order valence-corrected chi connectivity index (χ3v) is 5.64. The number of hydrogen-bond acceptors (Lipinski definition) is 6. The minimum absolute atomic E-state index is 0.124. The molecule has 196 valence electrons. The molecule has 0 aliphatic heterocycles. The van der Waals surface area contributed by atoms with Gasteiger partial charge in [0.05, 0.1) is 13.2 Å². The lowest BCUT2D eigenvalue weighted by molar-refractivity contribution is 0.0766. The molecule has 8 nitrogen and oxygen atoms in total. The summed E-state index contributed by atoms with van der Waals surface area (Å²) in [5.74, 6) is 2.05. The highest BCUT2D eigenvalue weighted by atomic mass is 16.5. The third-order valence-electron chi connectivity index (χ3n) is 5.64. The molecule has 1 aromatic heterocycles. The Morgan fingerprint density at radius 2 is 1.59 bits per heavy atom. The van der Waals surface area contributed by atoms with E-state index in [9.17, 15) is 9.59 Å². The highest BCUT2D eigenvalue weighted by molar-refractivity contribution is 5.95. The number of carbonyl (C=O) groups is 2. The summed E-state index contributed by atoms with van der Waals surface area (Å²) in [5.41, 5.74) is 1.87. The van der Waals surface area contributed by atoms with Crippen molar-refractivity contribution in [1.29, 1.82) is 0 Å². The van der Waals surface area contributed by atoms with Gasteiger partial charge in [-0.3, -0.25) is 14.6 Å². The van der Waals surface area contributed by atoms with E-state index in [0.717, 1.165) is 5.56 Å². The number of pyridine rings is 1. The van der Waals surface area contributed by atoms with Crippen LogP contribution in [0.15, 0.2) is 60.8 Å². The van der Waals surface area contributed by atoms with Crippen LogP contribution in [0.2, 0.25) is 0 Å². The average molecular weight is 506 g/mol. The minimum atomic E-state index is -0.182. The summed E-state index contributed by atoms with van der Waals surface area (Å²) in [6, 6.07) is 16.2. The predicted molar refractivity (Wildman–Crippen MR) is 143 cm³/mol. The van der Waals surface area contributed by atoms with Crippen molar-refractivity contribution in [3.05, 3.63) is 77.6 Å². The molecule has 3 rings (SSSR count). The molecule has 0 fully saturated rings. The van der Waals surface area contributed by atoms with Crippen LogP contribution in [0.3, 0.4) is 0 Å². The van der Waals surface area contributed by atoms with Crippen LogP contribution in [0.25, 0.3) is 0 Å². The van der Waals surface area contributed by atoms with Crippen molar-refractivity contribution >= 4 is 11.8 Å². The van der Waals surface area contributed by atoms with Gasteiger partial charge < -0.3 is 24.4 Å². The highest BCUT2D eigenvalue weighted by Crippen LogP contribution is 2.28. The zero-order valence-electron chi connectivity index (χ0n) is 22.0. The van der Waals surface area contributed by atoms with Crippen molar-refractivity contribution in [2.75, 3.05) is 32.8 Å². The van der Waals surface area contributed by atoms with E-state index in [-0.39, 0.29) is 11.8 Å². The van der Waals surface area contributed by atoms with Crippen LogP contribution in [0.5, 0.6) is 23.0 Å². The number of rotatable bonds is 13. The Bertz CT molecular complexity index is 1190. The summed E-state index contributed by atoms with van der Waals surface area (Å²) >= 11 is 0. The molecule has 8 heteroatoms. The van der Waals surface area contributed by atoms with Crippen molar-refractivity contribution in [3.63, 3.8) is 0 Å². The molecular formula is C29H35N3O5. The molecule has 0 aliphatic rings. The van der Waals surface area contributed by atoms with Crippen LogP contribution in [-0.2, 0) is 6.42 Å². The maximum Gasteiger partial charge on any atom is 0.272 e. The number of aromatic nitrogens is 1. The van der Waals surface area contributed by atoms with E-state index in [2.05, 4.69) is 10.3 Å². The number of ether oxygens (including phenoxy) is 3. The summed E-state index contributed by atoms with van der Waals surface area (Å²) < 4.78 is 17.2. The maximum absolute atomic E-state index is 12.7. The third kappa shape index (κ3) is 7.70. The van der Waals surface area contributed by atoms with Gasteiger partial charge in [0.15, 0.2) is 11.5 Å². The number of benzene rings is 2. The minimum Gasteiger partial charge on any atom is -0.490 e. The molecular weight excluding hydrogens is 470 g/mol. The summed E-state index contributed by atoms with van der Waals surface area (Å²) in [6.07, 6.45) is 2.20. The lowest BCUT2D eigenvalue weighted by Crippen LogP contribution is -2.31. The summed E-state index contributed by atoms with van der Waals surface area (Å²) in [5, 5.41) is 2.95. The van der Waals surface area contributed by atoms with Gasteiger partial charge in [-0.2, -0.15) is 0 Å². The van der Waals surface area contributed by atoms with E-state index in [1.54, 1.807) is 41.4 Å². The second-order valence-corrected chi connectivity index (χ2v) is 8.14. The van der Waals surface area contributed by atoms with Crippen LogP contribution < -0.4 is 19.5 Å². The van der Waals surface area contributed by atoms with Crippen molar-refractivity contribution in [1.82, 2.24) is 15.2 Å². The van der Waals surface area contributed by atoms with Crippen molar-refractivity contribution in [3.8, 4) is 23.0 Å². The molecule has 0 radical (unpaired) electrons. The molecule has 0 bridgehead atoms. The Labute approximate surface area is 218 Å². The molecule has 1 heterocycles. The quantitative estimate of drug-likeness (QED) is 0.347. The second kappa shape index (κ2) is 13.9. The second-order valence-electron chi connectivity index (χ2n) is 8.14. The summed E-state index contributed by atoms with van der Waals surface area (Å²) in [7, 11) is 0. The molecule has 2 aromatic carbocycles. The number of hydrogen-bond donors (Lipinski definition) is 1. The summed E-state index contributed by atoms with van der Waals surface area (Å²) in [6.45, 7) is 10.4. The zero-order chi connectivity index (χ0) is 26.6. The lowest BCUT2D eigenvalue weighted by atomic mass is 10.1. The van der Waals surface area contributed by atoms with Gasteiger partial charge in [-0.25, -0.2) is 0 Å². The van der Waals surface area contributed by atoms with Gasteiger partial charge in [0, 0.05) is 37.5 Å². The van der Waals surface area contributed by atoms with Crippen molar-refractivity contribution in [2.24, 2.45) is 0 Å². The maximum atomic E-state index is 12.7. The number of amides is 2. The molecule has 1 N–H and O–H groups in total. The molecule has 2 amide bonds. The van der Waals surface area contributed by atoms with Crippen LogP contribution in [0.1, 0.15) is 54.1 Å². The van der Waals surface area contributed by atoms with E-state index in [0.29, 0.717) is 73.5 Å². The fraction of sp³-hybridized carbons (Fsp3) is 0.345. The zero-order valence-corrected chi connectivity index (χ0v) is 22.0. The Hall–Kier alpha value is -4.07. The molecule has 37 heavy (non-hydrogen) atoms. The van der Waals surface area contributed by atoms with E-state index in [4.69, 9.17) is 14.2 Å². The molecule has 0 saturated heterocycles. The van der Waals surface area contributed by atoms with Gasteiger partial charge in [0.2, 0.25) is 0 Å². The van der Waals surface area contributed by atoms with Gasteiger partial charge >= 0.3 is 0 Å². The normalized spacial score (nSPS) is 10.5.